The molecule has 0 saturated carbocycles. The van der Waals surface area contributed by atoms with Gasteiger partial charge in [-0.2, -0.15) is 0 Å². The highest BCUT2D eigenvalue weighted by Gasteiger charge is 2.01. The van der Waals surface area contributed by atoms with E-state index in [4.69, 9.17) is 5.73 Å². The average Bonchev–Trinajstić information content (AvgIpc) is 1.97. The number of primary amides is 1. The molecule has 0 radical (unpaired) electrons. The van der Waals surface area contributed by atoms with Crippen molar-refractivity contribution in [2.24, 2.45) is 11.7 Å². The SMILES string of the molecule is CCCC/C=C/C(C)C(N)=O. The molecule has 0 fully saturated rings. The molecule has 11 heavy (non-hydrogen) atoms. The fraction of sp³-hybridized carbons (Fsp3) is 0.667. The van der Waals surface area contributed by atoms with Crippen molar-refractivity contribution in [2.75, 3.05) is 0 Å². The third-order valence-corrected chi connectivity index (χ3v) is 1.60. The summed E-state index contributed by atoms with van der Waals surface area (Å²) >= 11 is 0. The Hall–Kier alpha value is -0.790. The van der Waals surface area contributed by atoms with Crippen LogP contribution in [0.1, 0.15) is 33.1 Å². The van der Waals surface area contributed by atoms with Gasteiger partial charge in [0.1, 0.15) is 0 Å². The van der Waals surface area contributed by atoms with Crippen molar-refractivity contribution >= 4 is 5.91 Å². The standard InChI is InChI=1S/C9H17NO/c1-3-4-5-6-7-8(2)9(10)11/h6-8H,3-5H2,1-2H3,(H2,10,11)/b7-6+. The number of rotatable bonds is 5. The Kier molecular flexibility index (Phi) is 5.53. The summed E-state index contributed by atoms with van der Waals surface area (Å²) in [5.41, 5.74) is 5.06. The zero-order valence-corrected chi connectivity index (χ0v) is 7.34. The van der Waals surface area contributed by atoms with Gasteiger partial charge in [-0.1, -0.05) is 38.8 Å². The summed E-state index contributed by atoms with van der Waals surface area (Å²) in [6.45, 7) is 3.95. The van der Waals surface area contributed by atoms with Crippen LogP contribution in [0.15, 0.2) is 12.2 Å². The number of unbranched alkanes of at least 4 members (excludes halogenated alkanes) is 2. The van der Waals surface area contributed by atoms with Gasteiger partial charge in [-0.3, -0.25) is 4.79 Å². The molecule has 0 saturated heterocycles. The van der Waals surface area contributed by atoms with Crippen molar-refractivity contribution in [1.29, 1.82) is 0 Å². The van der Waals surface area contributed by atoms with Crippen LogP contribution in [-0.4, -0.2) is 5.91 Å². The molecule has 0 aliphatic heterocycles. The van der Waals surface area contributed by atoms with Crippen molar-refractivity contribution in [3.8, 4) is 0 Å². The Morgan fingerprint density at radius 2 is 2.27 bits per heavy atom. The predicted molar refractivity (Wildman–Crippen MR) is 47.0 cm³/mol. The number of carbonyl (C=O) groups excluding carboxylic acids is 1. The lowest BCUT2D eigenvalue weighted by Crippen LogP contribution is -2.18. The molecule has 2 nitrogen and oxygen atoms in total. The maximum atomic E-state index is 10.5. The normalized spacial score (nSPS) is 13.6. The second-order valence-corrected chi connectivity index (χ2v) is 2.76. The van der Waals surface area contributed by atoms with E-state index in [9.17, 15) is 4.79 Å². The molecule has 0 bridgehead atoms. The Bertz CT molecular complexity index is 140. The van der Waals surface area contributed by atoms with Crippen molar-refractivity contribution in [3.05, 3.63) is 12.2 Å². The van der Waals surface area contributed by atoms with Crippen LogP contribution in [0.2, 0.25) is 0 Å². The molecule has 0 aliphatic carbocycles. The fourth-order valence-corrected chi connectivity index (χ4v) is 0.717. The van der Waals surface area contributed by atoms with E-state index in [0.29, 0.717) is 0 Å². The van der Waals surface area contributed by atoms with Gasteiger partial charge in [-0.05, 0) is 6.42 Å². The second-order valence-electron chi connectivity index (χ2n) is 2.76. The van der Waals surface area contributed by atoms with E-state index in [1.807, 2.05) is 19.1 Å². The van der Waals surface area contributed by atoms with Gasteiger partial charge in [0.25, 0.3) is 0 Å². The molecule has 0 aromatic heterocycles. The van der Waals surface area contributed by atoms with E-state index in [2.05, 4.69) is 6.92 Å². The fourth-order valence-electron chi connectivity index (χ4n) is 0.717. The van der Waals surface area contributed by atoms with Crippen LogP contribution in [0.3, 0.4) is 0 Å². The first-order chi connectivity index (χ1) is 5.18. The molecule has 0 rings (SSSR count). The number of amides is 1. The van der Waals surface area contributed by atoms with E-state index < -0.39 is 0 Å². The minimum absolute atomic E-state index is 0.119. The van der Waals surface area contributed by atoms with E-state index in [0.717, 1.165) is 6.42 Å². The molecule has 64 valence electrons. The van der Waals surface area contributed by atoms with Crippen LogP contribution in [0.4, 0.5) is 0 Å². The van der Waals surface area contributed by atoms with Gasteiger partial charge < -0.3 is 5.73 Å². The van der Waals surface area contributed by atoms with Crippen molar-refractivity contribution in [3.63, 3.8) is 0 Å². The number of nitrogens with two attached hydrogens (primary N) is 1. The molecule has 0 aromatic rings. The van der Waals surface area contributed by atoms with Crippen LogP contribution < -0.4 is 5.73 Å². The van der Waals surface area contributed by atoms with E-state index in [1.165, 1.54) is 12.8 Å². The zero-order valence-electron chi connectivity index (χ0n) is 7.34. The minimum Gasteiger partial charge on any atom is -0.369 e. The lowest BCUT2D eigenvalue weighted by molar-refractivity contribution is -0.120. The minimum atomic E-state index is -0.252. The van der Waals surface area contributed by atoms with Gasteiger partial charge >= 0.3 is 0 Å². The lowest BCUT2D eigenvalue weighted by atomic mass is 10.1. The summed E-state index contributed by atoms with van der Waals surface area (Å²) in [5.74, 6) is -0.371. The van der Waals surface area contributed by atoms with Gasteiger partial charge in [0.15, 0.2) is 0 Å². The van der Waals surface area contributed by atoms with Crippen molar-refractivity contribution in [2.45, 2.75) is 33.1 Å². The summed E-state index contributed by atoms with van der Waals surface area (Å²) in [6.07, 6.45) is 7.32. The first-order valence-corrected chi connectivity index (χ1v) is 4.14. The Morgan fingerprint density at radius 1 is 1.64 bits per heavy atom. The van der Waals surface area contributed by atoms with E-state index in [-0.39, 0.29) is 11.8 Å². The largest absolute Gasteiger partial charge is 0.369 e. The van der Waals surface area contributed by atoms with Gasteiger partial charge in [0.2, 0.25) is 5.91 Å². The van der Waals surface area contributed by atoms with Crippen LogP contribution >= 0.6 is 0 Å². The summed E-state index contributed by atoms with van der Waals surface area (Å²) in [7, 11) is 0. The monoisotopic (exact) mass is 155 g/mol. The summed E-state index contributed by atoms with van der Waals surface area (Å²) in [6, 6.07) is 0. The molecule has 1 atom stereocenters. The van der Waals surface area contributed by atoms with Crippen LogP contribution in [0.5, 0.6) is 0 Å². The van der Waals surface area contributed by atoms with Crippen LogP contribution in [-0.2, 0) is 4.79 Å². The maximum Gasteiger partial charge on any atom is 0.224 e. The van der Waals surface area contributed by atoms with Crippen molar-refractivity contribution < 1.29 is 4.79 Å². The van der Waals surface area contributed by atoms with Gasteiger partial charge in [0.05, 0.1) is 5.92 Å². The molecule has 1 amide bonds. The quantitative estimate of drug-likeness (QED) is 0.478. The van der Waals surface area contributed by atoms with E-state index in [1.54, 1.807) is 0 Å². The molecule has 0 aliphatic rings. The maximum absolute atomic E-state index is 10.5. The highest BCUT2D eigenvalue weighted by atomic mass is 16.1. The highest BCUT2D eigenvalue weighted by Crippen LogP contribution is 2.00. The topological polar surface area (TPSA) is 43.1 Å². The molecular formula is C9H17NO. The first-order valence-electron chi connectivity index (χ1n) is 4.14. The second kappa shape index (κ2) is 5.96. The molecule has 1 unspecified atom stereocenters. The first kappa shape index (κ1) is 10.2. The molecule has 2 N–H and O–H groups in total. The highest BCUT2D eigenvalue weighted by molar-refractivity contribution is 5.77. The van der Waals surface area contributed by atoms with Gasteiger partial charge in [0, 0.05) is 0 Å². The number of carbonyl (C=O) groups is 1. The summed E-state index contributed by atoms with van der Waals surface area (Å²) in [5, 5.41) is 0. The molecule has 0 spiro atoms. The lowest BCUT2D eigenvalue weighted by Gasteiger charge is -1.97. The number of hydrogen-bond acceptors (Lipinski definition) is 1. The zero-order chi connectivity index (χ0) is 8.69. The Labute approximate surface area is 68.5 Å². The van der Waals surface area contributed by atoms with Crippen LogP contribution in [0, 0.1) is 5.92 Å². The molecule has 0 aromatic carbocycles. The average molecular weight is 155 g/mol. The Balaban J connectivity index is 3.48. The van der Waals surface area contributed by atoms with E-state index >= 15 is 0 Å². The third-order valence-electron chi connectivity index (χ3n) is 1.60. The molecule has 0 heterocycles. The summed E-state index contributed by atoms with van der Waals surface area (Å²) in [4.78, 5) is 10.5. The van der Waals surface area contributed by atoms with Crippen LogP contribution in [0.25, 0.3) is 0 Å². The smallest absolute Gasteiger partial charge is 0.224 e. The van der Waals surface area contributed by atoms with Gasteiger partial charge in [-0.15, -0.1) is 0 Å². The molecule has 2 heteroatoms. The number of allylic oxidation sites excluding steroid dienone is 1. The molecular weight excluding hydrogens is 138 g/mol. The summed E-state index contributed by atoms with van der Waals surface area (Å²) < 4.78 is 0. The number of hydrogen-bond donors (Lipinski definition) is 1. The Morgan fingerprint density at radius 3 is 2.73 bits per heavy atom. The van der Waals surface area contributed by atoms with Gasteiger partial charge in [-0.25, -0.2) is 0 Å². The predicted octanol–water partition coefficient (Wildman–Crippen LogP) is 1.85. The van der Waals surface area contributed by atoms with Crippen molar-refractivity contribution in [1.82, 2.24) is 0 Å². The third kappa shape index (κ3) is 5.64.